The molecule has 0 fully saturated rings. The third kappa shape index (κ3) is 2.00. The van der Waals surface area contributed by atoms with Gasteiger partial charge in [-0.1, -0.05) is 49.2 Å². The van der Waals surface area contributed by atoms with Gasteiger partial charge in [0, 0.05) is 0 Å². The first kappa shape index (κ1) is 12.0. The molecule has 0 amide bonds. The fraction of sp³-hybridized carbons (Fsp3) is 0.300. The largest absolute Gasteiger partial charge is 0.0616 e. The molecule has 0 saturated carbocycles. The van der Waals surface area contributed by atoms with Crippen molar-refractivity contribution in [3.05, 3.63) is 59.7 Å². The quantitative estimate of drug-likeness (QED) is 0.458. The van der Waals surface area contributed by atoms with Crippen LogP contribution < -0.4 is 0 Å². The zero-order chi connectivity index (χ0) is 13.4. The SMILES string of the molecule is c1ccc2cc3c4ccc(c3cc2c1)CCCCCC4. The van der Waals surface area contributed by atoms with Crippen LogP contribution in [0.2, 0.25) is 0 Å². The molecular weight excluding hydrogens is 240 g/mol. The van der Waals surface area contributed by atoms with Crippen LogP contribution in [0.1, 0.15) is 36.8 Å². The van der Waals surface area contributed by atoms with Crippen LogP contribution in [0.15, 0.2) is 48.5 Å². The summed E-state index contributed by atoms with van der Waals surface area (Å²) in [5, 5.41) is 5.72. The van der Waals surface area contributed by atoms with Gasteiger partial charge in [-0.05, 0) is 70.5 Å². The summed E-state index contributed by atoms with van der Waals surface area (Å²) in [5.74, 6) is 0. The van der Waals surface area contributed by atoms with Crippen molar-refractivity contribution in [2.45, 2.75) is 38.5 Å². The molecule has 0 unspecified atom stereocenters. The van der Waals surface area contributed by atoms with E-state index in [9.17, 15) is 0 Å². The van der Waals surface area contributed by atoms with Gasteiger partial charge in [0.25, 0.3) is 0 Å². The van der Waals surface area contributed by atoms with E-state index in [4.69, 9.17) is 0 Å². The monoisotopic (exact) mass is 260 g/mol. The summed E-state index contributed by atoms with van der Waals surface area (Å²) in [5.41, 5.74) is 3.08. The molecule has 2 bridgehead atoms. The number of hydrogen-bond donors (Lipinski definition) is 0. The van der Waals surface area contributed by atoms with Gasteiger partial charge in [0.05, 0.1) is 0 Å². The minimum absolute atomic E-state index is 1.23. The number of fused-ring (bicyclic) bond motifs is 7. The Bertz CT molecular complexity index is 701. The zero-order valence-corrected chi connectivity index (χ0v) is 11.9. The summed E-state index contributed by atoms with van der Waals surface area (Å²) in [6.07, 6.45) is 7.90. The maximum atomic E-state index is 2.41. The molecule has 0 aromatic heterocycles. The molecule has 0 radical (unpaired) electrons. The van der Waals surface area contributed by atoms with E-state index in [2.05, 4.69) is 48.5 Å². The van der Waals surface area contributed by atoms with E-state index in [1.807, 2.05) is 0 Å². The van der Waals surface area contributed by atoms with Gasteiger partial charge in [-0.2, -0.15) is 0 Å². The first-order chi connectivity index (χ1) is 9.92. The van der Waals surface area contributed by atoms with Gasteiger partial charge >= 0.3 is 0 Å². The lowest BCUT2D eigenvalue weighted by Gasteiger charge is -2.15. The molecule has 0 heteroatoms. The van der Waals surface area contributed by atoms with Gasteiger partial charge < -0.3 is 0 Å². The molecule has 0 spiro atoms. The Hall–Kier alpha value is -1.82. The van der Waals surface area contributed by atoms with Crippen LogP contribution in [-0.2, 0) is 12.8 Å². The lowest BCUT2D eigenvalue weighted by atomic mass is 9.90. The smallest absolute Gasteiger partial charge is 0.0143 e. The number of hydrogen-bond acceptors (Lipinski definition) is 0. The Morgan fingerprint density at radius 2 is 1.05 bits per heavy atom. The van der Waals surface area contributed by atoms with E-state index in [-0.39, 0.29) is 0 Å². The Kier molecular flexibility index (Phi) is 2.95. The first-order valence-electron chi connectivity index (χ1n) is 7.85. The molecule has 1 aliphatic carbocycles. The predicted molar refractivity (Wildman–Crippen MR) is 87.3 cm³/mol. The minimum Gasteiger partial charge on any atom is -0.0616 e. The second-order valence-corrected chi connectivity index (χ2v) is 6.04. The molecule has 0 heterocycles. The maximum Gasteiger partial charge on any atom is -0.0143 e. The predicted octanol–water partition coefficient (Wildman–Crippen LogP) is 5.65. The molecule has 0 atom stereocenters. The Morgan fingerprint density at radius 1 is 0.550 bits per heavy atom. The molecule has 3 aromatic carbocycles. The molecule has 0 saturated heterocycles. The van der Waals surface area contributed by atoms with Crippen LogP contribution in [0.4, 0.5) is 0 Å². The molecule has 3 aromatic rings. The molecule has 100 valence electrons. The Morgan fingerprint density at radius 3 is 1.55 bits per heavy atom. The molecule has 4 rings (SSSR count). The second kappa shape index (κ2) is 4.94. The highest BCUT2D eigenvalue weighted by molar-refractivity contribution is 6.01. The van der Waals surface area contributed by atoms with Gasteiger partial charge in [0.15, 0.2) is 0 Å². The summed E-state index contributed by atoms with van der Waals surface area (Å²) in [6.45, 7) is 0. The van der Waals surface area contributed by atoms with Crippen LogP contribution in [0.3, 0.4) is 0 Å². The van der Waals surface area contributed by atoms with Gasteiger partial charge in [0.2, 0.25) is 0 Å². The molecule has 1 aliphatic rings. The maximum absolute atomic E-state index is 2.41. The van der Waals surface area contributed by atoms with Crippen molar-refractivity contribution in [3.63, 3.8) is 0 Å². The number of aryl methyl sites for hydroxylation is 2. The third-order valence-electron chi connectivity index (χ3n) is 4.71. The van der Waals surface area contributed by atoms with Crippen molar-refractivity contribution in [2.24, 2.45) is 0 Å². The fourth-order valence-electron chi connectivity index (χ4n) is 3.57. The van der Waals surface area contributed by atoms with Crippen LogP contribution in [-0.4, -0.2) is 0 Å². The third-order valence-corrected chi connectivity index (χ3v) is 4.71. The average Bonchev–Trinajstić information content (AvgIpc) is 2.51. The first-order valence-corrected chi connectivity index (χ1v) is 7.85. The van der Waals surface area contributed by atoms with E-state index in [0.29, 0.717) is 0 Å². The molecular formula is C20H20. The Labute approximate surface area is 120 Å². The van der Waals surface area contributed by atoms with Crippen molar-refractivity contribution in [2.75, 3.05) is 0 Å². The van der Waals surface area contributed by atoms with Gasteiger partial charge in [-0.25, -0.2) is 0 Å². The standard InChI is InChI=1S/C20H20/c1-2-4-8-16-12-11-15(7-3-1)19-13-17-9-5-6-10-18(17)14-20(16)19/h5-6,9-14H,1-4,7-8H2. The topological polar surface area (TPSA) is 0 Å². The summed E-state index contributed by atoms with van der Waals surface area (Å²) >= 11 is 0. The van der Waals surface area contributed by atoms with Crippen molar-refractivity contribution < 1.29 is 0 Å². The number of rotatable bonds is 0. The second-order valence-electron chi connectivity index (χ2n) is 6.04. The molecule has 0 aliphatic heterocycles. The van der Waals surface area contributed by atoms with Crippen molar-refractivity contribution >= 4 is 21.5 Å². The lowest BCUT2D eigenvalue weighted by molar-refractivity contribution is 0.639. The van der Waals surface area contributed by atoms with Crippen molar-refractivity contribution in [1.29, 1.82) is 0 Å². The van der Waals surface area contributed by atoms with E-state index in [0.717, 1.165) is 0 Å². The van der Waals surface area contributed by atoms with Gasteiger partial charge in [-0.3, -0.25) is 0 Å². The highest BCUT2D eigenvalue weighted by Crippen LogP contribution is 2.31. The van der Waals surface area contributed by atoms with Crippen LogP contribution in [0.25, 0.3) is 21.5 Å². The molecule has 0 N–H and O–H groups in total. The van der Waals surface area contributed by atoms with Crippen LogP contribution >= 0.6 is 0 Å². The van der Waals surface area contributed by atoms with E-state index >= 15 is 0 Å². The fourth-order valence-corrected chi connectivity index (χ4v) is 3.57. The summed E-state index contributed by atoms with van der Waals surface area (Å²) in [4.78, 5) is 0. The lowest BCUT2D eigenvalue weighted by Crippen LogP contribution is -1.96. The van der Waals surface area contributed by atoms with E-state index < -0.39 is 0 Å². The summed E-state index contributed by atoms with van der Waals surface area (Å²) in [6, 6.07) is 18.3. The highest BCUT2D eigenvalue weighted by atomic mass is 14.1. The highest BCUT2D eigenvalue weighted by Gasteiger charge is 2.09. The number of benzene rings is 3. The average molecular weight is 260 g/mol. The van der Waals surface area contributed by atoms with Crippen molar-refractivity contribution in [1.82, 2.24) is 0 Å². The normalized spacial score (nSPS) is 15.8. The van der Waals surface area contributed by atoms with Crippen molar-refractivity contribution in [3.8, 4) is 0 Å². The molecule has 20 heavy (non-hydrogen) atoms. The molecule has 0 nitrogen and oxygen atoms in total. The van der Waals surface area contributed by atoms with E-state index in [1.54, 1.807) is 0 Å². The Balaban J connectivity index is 2.05. The summed E-state index contributed by atoms with van der Waals surface area (Å²) in [7, 11) is 0. The van der Waals surface area contributed by atoms with Gasteiger partial charge in [-0.15, -0.1) is 0 Å². The summed E-state index contributed by atoms with van der Waals surface area (Å²) < 4.78 is 0. The van der Waals surface area contributed by atoms with Crippen LogP contribution in [0, 0.1) is 0 Å². The minimum atomic E-state index is 1.23. The van der Waals surface area contributed by atoms with Crippen LogP contribution in [0.5, 0.6) is 0 Å². The zero-order valence-electron chi connectivity index (χ0n) is 11.9. The van der Waals surface area contributed by atoms with E-state index in [1.165, 1.54) is 71.2 Å². The van der Waals surface area contributed by atoms with Gasteiger partial charge in [0.1, 0.15) is 0 Å².